The van der Waals surface area contributed by atoms with Crippen LogP contribution in [0.1, 0.15) is 12.5 Å². The van der Waals surface area contributed by atoms with Crippen LogP contribution in [0.25, 0.3) is 0 Å². The Labute approximate surface area is 154 Å². The number of halogens is 2. The third-order valence-electron chi connectivity index (χ3n) is 2.99. The van der Waals surface area contributed by atoms with Gasteiger partial charge in [-0.25, -0.2) is 0 Å². The Kier molecular flexibility index (Phi) is 6.64. The van der Waals surface area contributed by atoms with Gasteiger partial charge < -0.3 is 0 Å². The fraction of sp³-hybridized carbons (Fsp3) is 0.188. The Balaban J connectivity index is 1.99. The van der Waals surface area contributed by atoms with E-state index < -0.39 is 6.09 Å². The van der Waals surface area contributed by atoms with Crippen LogP contribution in [0.4, 0.5) is 16.2 Å². The number of benzene rings is 2. The number of carbonyl (C=O) groups is 1. The second-order valence-electron chi connectivity index (χ2n) is 4.68. The van der Waals surface area contributed by atoms with Gasteiger partial charge in [0, 0.05) is 0 Å². The van der Waals surface area contributed by atoms with E-state index in [1.165, 1.54) is 0 Å². The molecular weight excluding hydrogens is 398 g/mol. The number of anilines is 2. The molecule has 0 aliphatic heterocycles. The number of carbonyl (C=O) groups excluding carboxylic acids is 1. The van der Waals surface area contributed by atoms with Crippen LogP contribution in [0.2, 0.25) is 10.0 Å². The van der Waals surface area contributed by atoms with Gasteiger partial charge >= 0.3 is 154 Å². The van der Waals surface area contributed by atoms with Gasteiger partial charge in [-0.1, -0.05) is 0 Å². The summed E-state index contributed by atoms with van der Waals surface area (Å²) in [6.45, 7) is 2.73. The van der Waals surface area contributed by atoms with Gasteiger partial charge in [-0.3, -0.25) is 0 Å². The molecule has 4 nitrogen and oxygen atoms in total. The molecule has 0 aliphatic carbocycles. The summed E-state index contributed by atoms with van der Waals surface area (Å²) in [5, 5.41) is 7.01. The molecule has 0 aromatic heterocycles. The molecule has 2 radical (unpaired) electrons. The van der Waals surface area contributed by atoms with Crippen molar-refractivity contribution < 1.29 is 9.53 Å². The molecule has 0 spiro atoms. The summed E-state index contributed by atoms with van der Waals surface area (Å²) >= 11 is 14.3. The fourth-order valence-electron chi connectivity index (χ4n) is 1.88. The monoisotopic (exact) mass is 412 g/mol. The van der Waals surface area contributed by atoms with E-state index in [1.807, 2.05) is 24.3 Å². The van der Waals surface area contributed by atoms with E-state index in [0.29, 0.717) is 28.9 Å². The normalized spacial score (nSPS) is 10.3. The van der Waals surface area contributed by atoms with E-state index in [2.05, 4.69) is 27.5 Å². The first-order valence-corrected chi connectivity index (χ1v) is 8.63. The molecular formula is C16H15AsCl2N2O2. The minimum atomic E-state index is -0.457. The van der Waals surface area contributed by atoms with Crippen LogP contribution in [0.15, 0.2) is 36.4 Å². The second-order valence-corrected chi connectivity index (χ2v) is 6.50. The number of ether oxygens (including phenoxy) is 1. The van der Waals surface area contributed by atoms with Crippen LogP contribution >= 0.6 is 23.2 Å². The Bertz CT molecular complexity index is 710. The molecule has 0 heterocycles. The molecule has 0 aliphatic rings. The first-order valence-electron chi connectivity index (χ1n) is 6.94. The van der Waals surface area contributed by atoms with Crippen molar-refractivity contribution in [2.75, 3.05) is 17.2 Å². The SMILES string of the molecule is CCOC(=O)Nc1ccc(CNc2ccc(Cl)c(Cl)c2)cc1[As]. The maximum atomic E-state index is 11.4. The molecule has 2 aromatic rings. The molecule has 0 fully saturated rings. The van der Waals surface area contributed by atoms with Crippen molar-refractivity contribution in [2.45, 2.75) is 13.5 Å². The van der Waals surface area contributed by atoms with E-state index in [9.17, 15) is 4.79 Å². The summed E-state index contributed by atoms with van der Waals surface area (Å²) in [5.74, 6) is 0. The summed E-state index contributed by atoms with van der Waals surface area (Å²) in [7, 11) is 0. The zero-order chi connectivity index (χ0) is 16.8. The van der Waals surface area contributed by atoms with Crippen molar-refractivity contribution in [3.05, 3.63) is 52.0 Å². The molecule has 0 atom stereocenters. The molecule has 1 amide bonds. The van der Waals surface area contributed by atoms with E-state index >= 15 is 0 Å². The molecule has 0 saturated carbocycles. The summed E-state index contributed by atoms with van der Waals surface area (Å²) < 4.78 is 5.77. The third kappa shape index (κ3) is 5.35. The van der Waals surface area contributed by atoms with Crippen molar-refractivity contribution in [3.8, 4) is 0 Å². The fourth-order valence-corrected chi connectivity index (χ4v) is 2.80. The summed E-state index contributed by atoms with van der Waals surface area (Å²) in [6.07, 6.45) is -0.457. The van der Waals surface area contributed by atoms with E-state index in [4.69, 9.17) is 27.9 Å². The number of hydrogen-bond donors (Lipinski definition) is 2. The van der Waals surface area contributed by atoms with Crippen molar-refractivity contribution in [3.63, 3.8) is 0 Å². The zero-order valence-corrected chi connectivity index (χ0v) is 15.8. The molecule has 23 heavy (non-hydrogen) atoms. The molecule has 0 bridgehead atoms. The topological polar surface area (TPSA) is 50.4 Å². The molecule has 0 unspecified atom stereocenters. The van der Waals surface area contributed by atoms with Gasteiger partial charge in [-0.2, -0.15) is 0 Å². The van der Waals surface area contributed by atoms with Crippen molar-refractivity contribution in [1.29, 1.82) is 0 Å². The van der Waals surface area contributed by atoms with E-state index in [1.54, 1.807) is 19.1 Å². The van der Waals surface area contributed by atoms with Crippen molar-refractivity contribution in [2.24, 2.45) is 0 Å². The van der Waals surface area contributed by atoms with Gasteiger partial charge in [-0.05, 0) is 0 Å². The average Bonchev–Trinajstić information content (AvgIpc) is 2.51. The zero-order valence-electron chi connectivity index (χ0n) is 12.4. The quantitative estimate of drug-likeness (QED) is 0.730. The van der Waals surface area contributed by atoms with Crippen molar-refractivity contribution >= 4 is 61.9 Å². The van der Waals surface area contributed by atoms with E-state index in [-0.39, 0.29) is 0 Å². The van der Waals surface area contributed by atoms with Gasteiger partial charge in [0.15, 0.2) is 0 Å². The predicted octanol–water partition coefficient (Wildman–Crippen LogP) is 3.97. The van der Waals surface area contributed by atoms with Crippen LogP contribution in [0.5, 0.6) is 0 Å². The molecule has 7 heteroatoms. The van der Waals surface area contributed by atoms with Crippen LogP contribution in [0.3, 0.4) is 0 Å². The minimum absolute atomic E-state index is 0.339. The van der Waals surface area contributed by atoms with Crippen LogP contribution in [-0.4, -0.2) is 29.6 Å². The second kappa shape index (κ2) is 8.49. The molecule has 2 N–H and O–H groups in total. The van der Waals surface area contributed by atoms with Gasteiger partial charge in [0.1, 0.15) is 0 Å². The van der Waals surface area contributed by atoms with Crippen LogP contribution in [-0.2, 0) is 11.3 Å². The molecule has 2 rings (SSSR count). The Morgan fingerprint density at radius 3 is 2.61 bits per heavy atom. The van der Waals surface area contributed by atoms with Crippen LogP contribution < -0.4 is 15.0 Å². The Hall–Kier alpha value is -1.35. The third-order valence-corrected chi connectivity index (χ3v) is 4.51. The van der Waals surface area contributed by atoms with E-state index in [0.717, 1.165) is 15.6 Å². The predicted molar refractivity (Wildman–Crippen MR) is 96.3 cm³/mol. The van der Waals surface area contributed by atoms with Gasteiger partial charge in [0.2, 0.25) is 0 Å². The Morgan fingerprint density at radius 2 is 1.96 bits per heavy atom. The Morgan fingerprint density at radius 1 is 1.17 bits per heavy atom. The molecule has 0 saturated heterocycles. The number of hydrogen-bond acceptors (Lipinski definition) is 3. The van der Waals surface area contributed by atoms with Crippen molar-refractivity contribution in [1.82, 2.24) is 0 Å². The number of rotatable bonds is 5. The molecule has 2 aromatic carbocycles. The molecule has 120 valence electrons. The number of nitrogens with one attached hydrogen (secondary N) is 2. The summed E-state index contributed by atoms with van der Waals surface area (Å²) in [6, 6.07) is 11.2. The van der Waals surface area contributed by atoms with Gasteiger partial charge in [0.25, 0.3) is 0 Å². The average molecular weight is 413 g/mol. The first kappa shape index (κ1) is 18.0. The first-order chi connectivity index (χ1) is 11.0. The summed E-state index contributed by atoms with van der Waals surface area (Å²) in [5.41, 5.74) is 2.67. The maximum absolute atomic E-state index is 11.4. The van der Waals surface area contributed by atoms with Gasteiger partial charge in [0.05, 0.1) is 0 Å². The summed E-state index contributed by atoms with van der Waals surface area (Å²) in [4.78, 5) is 11.4. The van der Waals surface area contributed by atoms with Gasteiger partial charge in [-0.15, -0.1) is 0 Å². The van der Waals surface area contributed by atoms with Crippen LogP contribution in [0, 0.1) is 0 Å². The standard InChI is InChI=1S/C16H15AsCl2N2O2/c1-2-23-16(22)21-15-6-3-10(7-12(15)17)9-20-11-4-5-13(18)14(19)8-11/h3-8,20H,2,9H2,1H3,(H,21,22). The number of amides is 1.